The zero-order chi connectivity index (χ0) is 16.4. The molecule has 122 valence electrons. The van der Waals surface area contributed by atoms with Crippen LogP contribution in [0.5, 0.6) is 5.75 Å². The SMILES string of the molecule is CC(=O)NCc1ccc2oc(N3CCOCC3)c(O)c(=O)c2c1. The molecule has 0 unspecified atom stereocenters. The maximum Gasteiger partial charge on any atom is 0.242 e. The van der Waals surface area contributed by atoms with E-state index in [1.54, 1.807) is 23.1 Å². The van der Waals surface area contributed by atoms with Gasteiger partial charge in [-0.3, -0.25) is 9.59 Å². The molecular weight excluding hydrogens is 300 g/mol. The molecule has 1 fully saturated rings. The molecule has 0 radical (unpaired) electrons. The molecule has 1 aromatic heterocycles. The van der Waals surface area contributed by atoms with Crippen molar-refractivity contribution in [3.8, 4) is 5.75 Å². The summed E-state index contributed by atoms with van der Waals surface area (Å²) >= 11 is 0. The number of amides is 1. The van der Waals surface area contributed by atoms with Crippen molar-refractivity contribution in [1.29, 1.82) is 0 Å². The van der Waals surface area contributed by atoms with Gasteiger partial charge in [0.1, 0.15) is 5.58 Å². The summed E-state index contributed by atoms with van der Waals surface area (Å²) in [5, 5.41) is 13.2. The van der Waals surface area contributed by atoms with Crippen LogP contribution in [0.4, 0.5) is 5.88 Å². The van der Waals surface area contributed by atoms with Crippen molar-refractivity contribution in [2.45, 2.75) is 13.5 Å². The Morgan fingerprint density at radius 2 is 2.09 bits per heavy atom. The number of nitrogens with one attached hydrogen (secondary N) is 1. The number of benzene rings is 1. The molecule has 0 aliphatic carbocycles. The van der Waals surface area contributed by atoms with Crippen molar-refractivity contribution in [1.82, 2.24) is 5.32 Å². The molecule has 0 spiro atoms. The third-order valence-electron chi connectivity index (χ3n) is 3.75. The van der Waals surface area contributed by atoms with Gasteiger partial charge in [-0.05, 0) is 17.7 Å². The minimum absolute atomic E-state index is 0.150. The van der Waals surface area contributed by atoms with Crippen molar-refractivity contribution in [3.05, 3.63) is 34.0 Å². The van der Waals surface area contributed by atoms with Crippen LogP contribution in [0.25, 0.3) is 11.0 Å². The van der Waals surface area contributed by atoms with E-state index in [1.807, 2.05) is 0 Å². The normalized spacial score (nSPS) is 14.9. The van der Waals surface area contributed by atoms with Crippen LogP contribution in [0, 0.1) is 0 Å². The molecule has 3 rings (SSSR count). The molecule has 0 saturated carbocycles. The van der Waals surface area contributed by atoms with E-state index >= 15 is 0 Å². The first-order valence-electron chi connectivity index (χ1n) is 7.42. The van der Waals surface area contributed by atoms with Gasteiger partial charge in [-0.15, -0.1) is 0 Å². The van der Waals surface area contributed by atoms with E-state index in [0.29, 0.717) is 43.8 Å². The molecular formula is C16H18N2O5. The lowest BCUT2D eigenvalue weighted by atomic mass is 10.1. The Hall–Kier alpha value is -2.54. The standard InChI is InChI=1S/C16H18N2O5/c1-10(19)17-9-11-2-3-13-12(8-11)14(20)15(21)16(23-13)18-4-6-22-7-5-18/h2-3,8,21H,4-7,9H2,1H3,(H,17,19). The fourth-order valence-electron chi connectivity index (χ4n) is 2.54. The maximum atomic E-state index is 12.4. The van der Waals surface area contributed by atoms with E-state index in [1.165, 1.54) is 6.92 Å². The summed E-state index contributed by atoms with van der Waals surface area (Å²) in [5.74, 6) is -0.362. The minimum Gasteiger partial charge on any atom is -0.500 e. The third kappa shape index (κ3) is 3.14. The second kappa shape index (κ2) is 6.29. The molecule has 1 saturated heterocycles. The Balaban J connectivity index is 2.00. The second-order valence-corrected chi connectivity index (χ2v) is 5.42. The Bertz CT molecular complexity index is 793. The highest BCUT2D eigenvalue weighted by Crippen LogP contribution is 2.29. The summed E-state index contributed by atoms with van der Waals surface area (Å²) in [7, 11) is 0. The number of rotatable bonds is 3. The van der Waals surface area contributed by atoms with Gasteiger partial charge in [-0.2, -0.15) is 0 Å². The van der Waals surface area contributed by atoms with Gasteiger partial charge in [0.2, 0.25) is 23.0 Å². The molecule has 0 atom stereocenters. The largest absolute Gasteiger partial charge is 0.500 e. The highest BCUT2D eigenvalue weighted by molar-refractivity contribution is 5.81. The Kier molecular flexibility index (Phi) is 4.20. The fraction of sp³-hybridized carbons (Fsp3) is 0.375. The van der Waals surface area contributed by atoms with Gasteiger partial charge in [0, 0.05) is 26.6 Å². The van der Waals surface area contributed by atoms with Crippen molar-refractivity contribution < 1.29 is 19.1 Å². The van der Waals surface area contributed by atoms with Crippen LogP contribution >= 0.6 is 0 Å². The lowest BCUT2D eigenvalue weighted by Crippen LogP contribution is -2.36. The van der Waals surface area contributed by atoms with Crippen molar-refractivity contribution in [2.75, 3.05) is 31.2 Å². The molecule has 0 bridgehead atoms. The Morgan fingerprint density at radius 1 is 1.35 bits per heavy atom. The van der Waals surface area contributed by atoms with Gasteiger partial charge < -0.3 is 24.5 Å². The number of hydrogen-bond donors (Lipinski definition) is 2. The van der Waals surface area contributed by atoms with Crippen LogP contribution in [-0.4, -0.2) is 37.3 Å². The number of hydrogen-bond acceptors (Lipinski definition) is 6. The predicted octanol–water partition coefficient (Wildman–Crippen LogP) is 0.971. The first kappa shape index (κ1) is 15.4. The van der Waals surface area contributed by atoms with E-state index in [4.69, 9.17) is 9.15 Å². The van der Waals surface area contributed by atoms with Crippen LogP contribution in [0.1, 0.15) is 12.5 Å². The maximum absolute atomic E-state index is 12.4. The van der Waals surface area contributed by atoms with Gasteiger partial charge in [0.15, 0.2) is 0 Å². The monoisotopic (exact) mass is 318 g/mol. The molecule has 23 heavy (non-hydrogen) atoms. The third-order valence-corrected chi connectivity index (χ3v) is 3.75. The second-order valence-electron chi connectivity index (χ2n) is 5.42. The smallest absolute Gasteiger partial charge is 0.242 e. The predicted molar refractivity (Wildman–Crippen MR) is 84.7 cm³/mol. The van der Waals surface area contributed by atoms with E-state index in [-0.39, 0.29) is 11.8 Å². The number of carbonyl (C=O) groups excluding carboxylic acids is 1. The number of fused-ring (bicyclic) bond motifs is 1. The summed E-state index contributed by atoms with van der Waals surface area (Å²) in [4.78, 5) is 25.2. The van der Waals surface area contributed by atoms with Crippen LogP contribution < -0.4 is 15.6 Å². The summed E-state index contributed by atoms with van der Waals surface area (Å²) in [5.41, 5.74) is 0.691. The zero-order valence-corrected chi connectivity index (χ0v) is 12.8. The fourth-order valence-corrected chi connectivity index (χ4v) is 2.54. The highest BCUT2D eigenvalue weighted by Gasteiger charge is 2.21. The van der Waals surface area contributed by atoms with Gasteiger partial charge in [-0.1, -0.05) is 6.07 Å². The molecule has 1 aromatic carbocycles. The first-order valence-corrected chi connectivity index (χ1v) is 7.42. The molecule has 7 nitrogen and oxygen atoms in total. The van der Waals surface area contributed by atoms with Crippen LogP contribution in [-0.2, 0) is 16.1 Å². The quantitative estimate of drug-likeness (QED) is 0.876. The van der Waals surface area contributed by atoms with Crippen molar-refractivity contribution in [2.24, 2.45) is 0 Å². The molecule has 7 heteroatoms. The number of ether oxygens (including phenoxy) is 1. The van der Waals surface area contributed by atoms with Crippen molar-refractivity contribution >= 4 is 22.8 Å². The van der Waals surface area contributed by atoms with Gasteiger partial charge in [0.25, 0.3) is 0 Å². The van der Waals surface area contributed by atoms with Gasteiger partial charge in [0.05, 0.1) is 18.6 Å². The Labute approximate surface area is 132 Å². The Morgan fingerprint density at radius 3 is 2.78 bits per heavy atom. The number of morpholine rings is 1. The highest BCUT2D eigenvalue weighted by atomic mass is 16.5. The first-order chi connectivity index (χ1) is 11.1. The topological polar surface area (TPSA) is 92.0 Å². The number of nitrogens with zero attached hydrogens (tertiary/aromatic N) is 1. The van der Waals surface area contributed by atoms with Gasteiger partial charge in [-0.25, -0.2) is 0 Å². The van der Waals surface area contributed by atoms with Crippen LogP contribution in [0.2, 0.25) is 0 Å². The molecule has 2 heterocycles. The minimum atomic E-state index is -0.475. The summed E-state index contributed by atoms with van der Waals surface area (Å²) in [6.07, 6.45) is 0. The average molecular weight is 318 g/mol. The van der Waals surface area contributed by atoms with E-state index in [2.05, 4.69) is 5.32 Å². The van der Waals surface area contributed by atoms with Crippen LogP contribution in [0.3, 0.4) is 0 Å². The molecule has 2 N–H and O–H groups in total. The zero-order valence-electron chi connectivity index (χ0n) is 12.8. The van der Waals surface area contributed by atoms with Gasteiger partial charge >= 0.3 is 0 Å². The lowest BCUT2D eigenvalue weighted by Gasteiger charge is -2.27. The average Bonchev–Trinajstić information content (AvgIpc) is 2.57. The number of anilines is 1. The van der Waals surface area contributed by atoms with E-state index in [9.17, 15) is 14.7 Å². The van der Waals surface area contributed by atoms with Crippen LogP contribution in [0.15, 0.2) is 27.4 Å². The van der Waals surface area contributed by atoms with Crippen molar-refractivity contribution in [3.63, 3.8) is 0 Å². The van der Waals surface area contributed by atoms with E-state index in [0.717, 1.165) is 5.56 Å². The molecule has 2 aromatic rings. The number of carbonyl (C=O) groups is 1. The summed E-state index contributed by atoms with van der Waals surface area (Å²) in [6, 6.07) is 5.08. The van der Waals surface area contributed by atoms with E-state index < -0.39 is 11.2 Å². The molecule has 1 amide bonds. The summed E-state index contributed by atoms with van der Waals surface area (Å²) < 4.78 is 11.0. The lowest BCUT2D eigenvalue weighted by molar-refractivity contribution is -0.119. The number of aromatic hydroxyl groups is 1. The molecule has 1 aliphatic heterocycles. The molecule has 1 aliphatic rings. The summed E-state index contributed by atoms with van der Waals surface area (Å²) in [6.45, 7) is 3.91.